The first-order valence-electron chi connectivity index (χ1n) is 14.0. The zero-order chi connectivity index (χ0) is 29.9. The SMILES string of the molecule is Cc1cc(C2(c3ccccn3)N=C(c3cccc(-c4ccccn4)n3)N=C(c3cccc(-c4ccccn4)n3)N2)ccc1Br. The van der Waals surface area contributed by atoms with E-state index in [2.05, 4.69) is 44.2 Å². The van der Waals surface area contributed by atoms with Gasteiger partial charge in [0.2, 0.25) is 5.66 Å². The van der Waals surface area contributed by atoms with Crippen LogP contribution in [0.5, 0.6) is 0 Å². The molecular formula is C35H25BrN8. The van der Waals surface area contributed by atoms with Crippen molar-refractivity contribution in [1.29, 1.82) is 0 Å². The second-order valence-electron chi connectivity index (χ2n) is 10.2. The van der Waals surface area contributed by atoms with Crippen LogP contribution in [0.4, 0.5) is 0 Å². The standard InChI is InChI=1S/C35H25BrN8/c1-23-22-24(17-18-25(23)36)35(32-16-4-7-21-39-32)43-33(30-14-8-12-28(40-30)26-10-2-5-19-37-26)42-34(44-35)31-15-9-13-29(41-31)27-11-3-6-20-38-27/h2-22H,1H3,(H,42,43,44). The predicted octanol–water partition coefficient (Wildman–Crippen LogP) is 6.76. The molecule has 0 bridgehead atoms. The van der Waals surface area contributed by atoms with Crippen molar-refractivity contribution < 1.29 is 0 Å². The lowest BCUT2D eigenvalue weighted by Gasteiger charge is -2.35. The highest BCUT2D eigenvalue weighted by atomic mass is 79.9. The van der Waals surface area contributed by atoms with Crippen LogP contribution in [0.1, 0.15) is 28.2 Å². The van der Waals surface area contributed by atoms with E-state index in [1.165, 1.54) is 0 Å². The normalized spacial score (nSPS) is 16.0. The molecule has 9 heteroatoms. The molecule has 0 fully saturated rings. The number of amidine groups is 2. The van der Waals surface area contributed by atoms with Crippen LogP contribution in [0.15, 0.2) is 142 Å². The lowest BCUT2D eigenvalue weighted by atomic mass is 9.92. The summed E-state index contributed by atoms with van der Waals surface area (Å²) < 4.78 is 1.00. The molecule has 1 aromatic carbocycles. The van der Waals surface area contributed by atoms with Gasteiger partial charge in [0.1, 0.15) is 11.4 Å². The van der Waals surface area contributed by atoms with E-state index in [9.17, 15) is 0 Å². The zero-order valence-corrected chi connectivity index (χ0v) is 25.2. The smallest absolute Gasteiger partial charge is 0.202 e. The van der Waals surface area contributed by atoms with Crippen LogP contribution in [0.2, 0.25) is 0 Å². The molecule has 0 spiro atoms. The Balaban J connectivity index is 1.46. The maximum Gasteiger partial charge on any atom is 0.202 e. The highest BCUT2D eigenvalue weighted by Gasteiger charge is 2.41. The fourth-order valence-corrected chi connectivity index (χ4v) is 5.29. The van der Waals surface area contributed by atoms with E-state index < -0.39 is 5.66 Å². The summed E-state index contributed by atoms with van der Waals surface area (Å²) in [5, 5.41) is 3.65. The summed E-state index contributed by atoms with van der Waals surface area (Å²) in [5.41, 5.74) is 5.74. The number of aliphatic imine (C=N–C) groups is 2. The van der Waals surface area contributed by atoms with Gasteiger partial charge in [-0.15, -0.1) is 0 Å². The molecular weight excluding hydrogens is 612 g/mol. The summed E-state index contributed by atoms with van der Waals surface area (Å²) >= 11 is 3.66. The molecule has 0 saturated carbocycles. The van der Waals surface area contributed by atoms with Crippen molar-refractivity contribution in [2.75, 3.05) is 0 Å². The summed E-state index contributed by atoms with van der Waals surface area (Å²) in [5.74, 6) is 0.969. The van der Waals surface area contributed by atoms with Crippen LogP contribution in [0.25, 0.3) is 22.8 Å². The molecule has 5 aromatic heterocycles. The lowest BCUT2D eigenvalue weighted by Crippen LogP contribution is -2.50. The first-order chi connectivity index (χ1) is 21.6. The summed E-state index contributed by atoms with van der Waals surface area (Å²) in [4.78, 5) is 34.1. The number of benzene rings is 1. The Hall–Kier alpha value is -5.41. The van der Waals surface area contributed by atoms with Crippen molar-refractivity contribution in [3.63, 3.8) is 0 Å². The highest BCUT2D eigenvalue weighted by Crippen LogP contribution is 2.35. The van der Waals surface area contributed by atoms with Gasteiger partial charge in [-0.25, -0.2) is 20.0 Å². The molecule has 1 unspecified atom stereocenters. The Bertz CT molecular complexity index is 2010. The van der Waals surface area contributed by atoms with Gasteiger partial charge in [-0.05, 0) is 79.2 Å². The molecule has 212 valence electrons. The topological polar surface area (TPSA) is 101 Å². The number of halogens is 1. The van der Waals surface area contributed by atoms with Crippen molar-refractivity contribution in [3.8, 4) is 22.8 Å². The minimum atomic E-state index is -1.13. The van der Waals surface area contributed by atoms with Crippen LogP contribution >= 0.6 is 15.9 Å². The Morgan fingerprint density at radius 1 is 0.591 bits per heavy atom. The maximum absolute atomic E-state index is 5.30. The molecule has 6 aromatic rings. The van der Waals surface area contributed by atoms with Crippen LogP contribution in [0, 0.1) is 6.92 Å². The average molecular weight is 638 g/mol. The van der Waals surface area contributed by atoms with Gasteiger partial charge in [-0.1, -0.05) is 58.4 Å². The third kappa shape index (κ3) is 5.29. The molecule has 44 heavy (non-hydrogen) atoms. The van der Waals surface area contributed by atoms with Crippen molar-refractivity contribution in [2.24, 2.45) is 9.98 Å². The molecule has 1 aliphatic heterocycles. The minimum absolute atomic E-state index is 0.438. The first-order valence-corrected chi connectivity index (χ1v) is 14.8. The first kappa shape index (κ1) is 27.4. The maximum atomic E-state index is 5.30. The molecule has 1 N–H and O–H groups in total. The van der Waals surface area contributed by atoms with Crippen LogP contribution in [0.3, 0.4) is 0 Å². The Kier molecular flexibility index (Phi) is 7.29. The number of pyridine rings is 5. The van der Waals surface area contributed by atoms with Crippen molar-refractivity contribution in [1.82, 2.24) is 30.2 Å². The van der Waals surface area contributed by atoms with Gasteiger partial charge in [-0.3, -0.25) is 15.0 Å². The molecule has 0 radical (unpaired) electrons. The largest absolute Gasteiger partial charge is 0.335 e. The zero-order valence-electron chi connectivity index (χ0n) is 23.6. The number of rotatable bonds is 6. The van der Waals surface area contributed by atoms with E-state index in [1.54, 1.807) is 18.6 Å². The summed E-state index contributed by atoms with van der Waals surface area (Å²) in [6.45, 7) is 2.05. The molecule has 0 aliphatic carbocycles. The molecule has 0 amide bonds. The fraction of sp³-hybridized carbons (Fsp3) is 0.0571. The number of nitrogens with one attached hydrogen (secondary N) is 1. The summed E-state index contributed by atoms with van der Waals surface area (Å²) in [6.07, 6.45) is 5.28. The third-order valence-corrected chi connectivity index (χ3v) is 8.12. The lowest BCUT2D eigenvalue weighted by molar-refractivity contribution is 0.480. The van der Waals surface area contributed by atoms with Crippen LogP contribution in [-0.4, -0.2) is 36.6 Å². The Morgan fingerprint density at radius 2 is 1.18 bits per heavy atom. The fourth-order valence-electron chi connectivity index (χ4n) is 5.04. The predicted molar refractivity (Wildman–Crippen MR) is 175 cm³/mol. The van der Waals surface area contributed by atoms with E-state index >= 15 is 0 Å². The van der Waals surface area contributed by atoms with E-state index in [0.29, 0.717) is 28.8 Å². The number of hydrogen-bond donors (Lipinski definition) is 1. The molecule has 8 nitrogen and oxygen atoms in total. The van der Waals surface area contributed by atoms with E-state index in [4.69, 9.17) is 24.9 Å². The molecule has 7 rings (SSSR count). The number of nitrogens with zero attached hydrogens (tertiary/aromatic N) is 7. The Morgan fingerprint density at radius 3 is 1.80 bits per heavy atom. The van der Waals surface area contributed by atoms with Crippen LogP contribution < -0.4 is 5.32 Å². The summed E-state index contributed by atoms with van der Waals surface area (Å²) in [7, 11) is 0. The Labute approximate surface area is 262 Å². The number of aryl methyl sites for hydroxylation is 1. The van der Waals surface area contributed by atoms with E-state index in [1.807, 2.05) is 103 Å². The average Bonchev–Trinajstić information content (AvgIpc) is 3.10. The van der Waals surface area contributed by atoms with Crippen LogP contribution in [-0.2, 0) is 5.66 Å². The molecule has 1 atom stereocenters. The second-order valence-corrected chi connectivity index (χ2v) is 11.0. The minimum Gasteiger partial charge on any atom is -0.335 e. The molecule has 1 aliphatic rings. The van der Waals surface area contributed by atoms with Gasteiger partial charge in [0.25, 0.3) is 0 Å². The van der Waals surface area contributed by atoms with Gasteiger partial charge in [0, 0.05) is 28.6 Å². The van der Waals surface area contributed by atoms with Gasteiger partial charge < -0.3 is 5.32 Å². The molecule has 6 heterocycles. The monoisotopic (exact) mass is 636 g/mol. The second kappa shape index (κ2) is 11.7. The van der Waals surface area contributed by atoms with E-state index in [0.717, 1.165) is 38.4 Å². The summed E-state index contributed by atoms with van der Waals surface area (Å²) in [6, 6.07) is 35.1. The van der Waals surface area contributed by atoms with E-state index in [-0.39, 0.29) is 0 Å². The highest BCUT2D eigenvalue weighted by molar-refractivity contribution is 9.10. The van der Waals surface area contributed by atoms with Gasteiger partial charge in [-0.2, -0.15) is 0 Å². The van der Waals surface area contributed by atoms with Gasteiger partial charge >= 0.3 is 0 Å². The third-order valence-electron chi connectivity index (χ3n) is 7.23. The van der Waals surface area contributed by atoms with Crippen molar-refractivity contribution in [3.05, 3.63) is 160 Å². The quantitative estimate of drug-likeness (QED) is 0.217. The van der Waals surface area contributed by atoms with Gasteiger partial charge in [0.15, 0.2) is 11.7 Å². The van der Waals surface area contributed by atoms with Crippen molar-refractivity contribution in [2.45, 2.75) is 12.6 Å². The van der Waals surface area contributed by atoms with Crippen molar-refractivity contribution >= 4 is 27.6 Å². The van der Waals surface area contributed by atoms with Gasteiger partial charge in [0.05, 0.1) is 28.5 Å². The number of hydrogen-bond acceptors (Lipinski definition) is 8. The molecule has 0 saturated heterocycles. The number of aromatic nitrogens is 5.